The van der Waals surface area contributed by atoms with Crippen molar-refractivity contribution in [2.45, 2.75) is 13.5 Å². The molecule has 0 N–H and O–H groups in total. The summed E-state index contributed by atoms with van der Waals surface area (Å²) in [5.41, 5.74) is 2.13. The Kier molecular flexibility index (Phi) is 5.83. The van der Waals surface area contributed by atoms with Gasteiger partial charge in [0, 0.05) is 16.1 Å². The second-order valence-electron chi connectivity index (χ2n) is 5.72. The first kappa shape index (κ1) is 19.0. The maximum atomic E-state index is 12.1. The second kappa shape index (κ2) is 8.28. The first-order chi connectivity index (χ1) is 12.9. The van der Waals surface area contributed by atoms with Gasteiger partial charge in [0.15, 0.2) is 13.2 Å². The number of Topliss-reactive ketones (excluding diaryl/α,β-unsaturated/α-hetero) is 1. The topological polar surface area (TPSA) is 87.0 Å². The maximum Gasteiger partial charge on any atom is 0.330 e. The first-order valence-electron chi connectivity index (χ1n) is 7.91. The molecule has 3 rings (SSSR count). The van der Waals surface area contributed by atoms with Crippen molar-refractivity contribution in [2.24, 2.45) is 0 Å². The molecule has 0 spiro atoms. The number of hydrogen-bond donors (Lipinski definition) is 0. The summed E-state index contributed by atoms with van der Waals surface area (Å²) in [6.45, 7) is 1.27. The predicted molar refractivity (Wildman–Crippen MR) is 99.7 cm³/mol. The number of esters is 1. The number of aromatic nitrogens is 4. The molecule has 3 aromatic rings. The van der Waals surface area contributed by atoms with Crippen LogP contribution in [0.1, 0.15) is 15.9 Å². The molecule has 1 aromatic heterocycles. The van der Waals surface area contributed by atoms with E-state index in [1.165, 1.54) is 18.2 Å². The SMILES string of the molecule is Cc1ccc(-c2nnn(CC(=O)OCC(=O)c3ccc(Cl)cc3Cl)n2)cc1. The molecule has 138 valence electrons. The van der Waals surface area contributed by atoms with Crippen molar-refractivity contribution >= 4 is 35.0 Å². The van der Waals surface area contributed by atoms with Crippen LogP contribution in [0.3, 0.4) is 0 Å². The van der Waals surface area contributed by atoms with E-state index in [2.05, 4.69) is 15.4 Å². The Bertz CT molecular complexity index is 987. The van der Waals surface area contributed by atoms with Gasteiger partial charge in [0.25, 0.3) is 0 Å². The normalized spacial score (nSPS) is 10.6. The Labute approximate surface area is 164 Å². The number of tetrazole rings is 1. The molecule has 2 aromatic carbocycles. The lowest BCUT2D eigenvalue weighted by atomic mass is 10.1. The number of carbonyl (C=O) groups is 2. The lowest BCUT2D eigenvalue weighted by molar-refractivity contribution is -0.143. The molecule has 0 fully saturated rings. The molecule has 0 saturated carbocycles. The predicted octanol–water partition coefficient (Wildman–Crippen LogP) is 3.38. The van der Waals surface area contributed by atoms with Gasteiger partial charge in [-0.3, -0.25) is 4.79 Å². The standard InChI is InChI=1S/C18H14Cl2N4O3/c1-11-2-4-12(5-3-11)18-21-23-24(22-18)9-17(26)27-10-16(25)14-7-6-13(19)8-15(14)20/h2-8H,9-10H2,1H3. The lowest BCUT2D eigenvalue weighted by Gasteiger charge is -2.05. The fraction of sp³-hybridized carbons (Fsp3) is 0.167. The summed E-state index contributed by atoms with van der Waals surface area (Å²) < 4.78 is 4.97. The van der Waals surface area contributed by atoms with Gasteiger partial charge in [-0.1, -0.05) is 53.0 Å². The number of nitrogens with zero attached hydrogens (tertiary/aromatic N) is 4. The Morgan fingerprint density at radius 3 is 2.56 bits per heavy atom. The van der Waals surface area contributed by atoms with Gasteiger partial charge in [0.1, 0.15) is 0 Å². The molecule has 0 radical (unpaired) electrons. The molecule has 0 bridgehead atoms. The van der Waals surface area contributed by atoms with Gasteiger partial charge in [0.05, 0.1) is 5.02 Å². The van der Waals surface area contributed by atoms with Crippen molar-refractivity contribution in [1.29, 1.82) is 0 Å². The zero-order valence-corrected chi connectivity index (χ0v) is 15.7. The van der Waals surface area contributed by atoms with E-state index in [1.807, 2.05) is 31.2 Å². The molecule has 0 aliphatic heterocycles. The van der Waals surface area contributed by atoms with Crippen LogP contribution in [0.5, 0.6) is 0 Å². The minimum absolute atomic E-state index is 0.198. The molecule has 7 nitrogen and oxygen atoms in total. The van der Waals surface area contributed by atoms with E-state index in [9.17, 15) is 9.59 Å². The number of carbonyl (C=O) groups excluding carboxylic acids is 2. The van der Waals surface area contributed by atoms with Gasteiger partial charge in [0.2, 0.25) is 11.6 Å². The van der Waals surface area contributed by atoms with E-state index >= 15 is 0 Å². The largest absolute Gasteiger partial charge is 0.456 e. The molecule has 0 aliphatic carbocycles. The van der Waals surface area contributed by atoms with Gasteiger partial charge in [-0.25, -0.2) is 4.79 Å². The first-order valence-corrected chi connectivity index (χ1v) is 8.66. The van der Waals surface area contributed by atoms with Crippen LogP contribution in [-0.2, 0) is 16.1 Å². The zero-order valence-electron chi connectivity index (χ0n) is 14.2. The summed E-state index contributed by atoms with van der Waals surface area (Å²) in [6, 6.07) is 12.1. The number of ether oxygens (including phenoxy) is 1. The smallest absolute Gasteiger partial charge is 0.330 e. The Balaban J connectivity index is 1.56. The number of halogens is 2. The van der Waals surface area contributed by atoms with E-state index in [1.54, 1.807) is 0 Å². The van der Waals surface area contributed by atoms with Crippen molar-refractivity contribution in [3.05, 3.63) is 63.6 Å². The van der Waals surface area contributed by atoms with E-state index in [0.29, 0.717) is 10.8 Å². The molecule has 0 saturated heterocycles. The number of ketones is 1. The van der Waals surface area contributed by atoms with Gasteiger partial charge >= 0.3 is 5.97 Å². The molecule has 1 heterocycles. The van der Waals surface area contributed by atoms with Crippen molar-refractivity contribution < 1.29 is 14.3 Å². The number of benzene rings is 2. The van der Waals surface area contributed by atoms with Gasteiger partial charge < -0.3 is 4.74 Å². The Morgan fingerprint density at radius 1 is 1.11 bits per heavy atom. The third-order valence-electron chi connectivity index (χ3n) is 3.63. The minimum Gasteiger partial charge on any atom is -0.456 e. The van der Waals surface area contributed by atoms with E-state index in [0.717, 1.165) is 15.9 Å². The van der Waals surface area contributed by atoms with Crippen molar-refractivity contribution in [2.75, 3.05) is 6.61 Å². The number of rotatable bonds is 6. The van der Waals surface area contributed by atoms with Crippen LogP contribution in [0.4, 0.5) is 0 Å². The highest BCUT2D eigenvalue weighted by Gasteiger charge is 2.15. The fourth-order valence-corrected chi connectivity index (χ4v) is 2.74. The van der Waals surface area contributed by atoms with E-state index in [-0.39, 0.29) is 17.1 Å². The summed E-state index contributed by atoms with van der Waals surface area (Å²) in [7, 11) is 0. The highest BCUT2D eigenvalue weighted by molar-refractivity contribution is 6.36. The van der Waals surface area contributed by atoms with E-state index < -0.39 is 18.4 Å². The number of hydrogen-bond acceptors (Lipinski definition) is 6. The summed E-state index contributed by atoms with van der Waals surface area (Å²) in [6.07, 6.45) is 0. The van der Waals surface area contributed by atoms with Gasteiger partial charge in [-0.2, -0.15) is 4.80 Å². The van der Waals surface area contributed by atoms with Crippen LogP contribution in [0.2, 0.25) is 10.0 Å². The van der Waals surface area contributed by atoms with Crippen LogP contribution >= 0.6 is 23.2 Å². The quantitative estimate of drug-likeness (QED) is 0.462. The molecule has 9 heteroatoms. The highest BCUT2D eigenvalue weighted by atomic mass is 35.5. The van der Waals surface area contributed by atoms with Crippen molar-refractivity contribution in [3.63, 3.8) is 0 Å². The van der Waals surface area contributed by atoms with Crippen LogP contribution in [-0.4, -0.2) is 38.6 Å². The highest BCUT2D eigenvalue weighted by Crippen LogP contribution is 2.21. The summed E-state index contributed by atoms with van der Waals surface area (Å²) in [4.78, 5) is 25.1. The monoisotopic (exact) mass is 404 g/mol. The average molecular weight is 405 g/mol. The summed E-state index contributed by atoms with van der Waals surface area (Å²) in [5, 5.41) is 12.5. The fourth-order valence-electron chi connectivity index (χ4n) is 2.23. The molecule has 0 unspecified atom stereocenters. The van der Waals surface area contributed by atoms with E-state index in [4.69, 9.17) is 27.9 Å². The van der Waals surface area contributed by atoms with Gasteiger partial charge in [-0.05, 0) is 30.3 Å². The third kappa shape index (κ3) is 4.90. The summed E-state index contributed by atoms with van der Waals surface area (Å²) >= 11 is 11.8. The van der Waals surface area contributed by atoms with Crippen LogP contribution in [0.15, 0.2) is 42.5 Å². The molecule has 0 aliphatic rings. The third-order valence-corrected chi connectivity index (χ3v) is 4.18. The molecule has 0 amide bonds. The Hall–Kier alpha value is -2.77. The zero-order chi connectivity index (χ0) is 19.4. The maximum absolute atomic E-state index is 12.1. The van der Waals surface area contributed by atoms with Crippen molar-refractivity contribution in [3.8, 4) is 11.4 Å². The minimum atomic E-state index is -0.665. The molecule has 27 heavy (non-hydrogen) atoms. The van der Waals surface area contributed by atoms with Gasteiger partial charge in [-0.15, -0.1) is 10.2 Å². The second-order valence-corrected chi connectivity index (χ2v) is 6.56. The van der Waals surface area contributed by atoms with Crippen LogP contribution in [0.25, 0.3) is 11.4 Å². The average Bonchev–Trinajstić information content (AvgIpc) is 3.08. The molecule has 0 atom stereocenters. The molecular weight excluding hydrogens is 391 g/mol. The van der Waals surface area contributed by atoms with Crippen LogP contribution < -0.4 is 0 Å². The number of aryl methyl sites for hydroxylation is 1. The van der Waals surface area contributed by atoms with Crippen LogP contribution in [0, 0.1) is 6.92 Å². The lowest BCUT2D eigenvalue weighted by Crippen LogP contribution is -2.20. The molecular formula is C18H14Cl2N4O3. The Morgan fingerprint density at radius 2 is 1.85 bits per heavy atom. The van der Waals surface area contributed by atoms with Crippen molar-refractivity contribution in [1.82, 2.24) is 20.2 Å². The summed E-state index contributed by atoms with van der Waals surface area (Å²) in [5.74, 6) is -0.704.